The molecule has 0 radical (unpaired) electrons. The first kappa shape index (κ1) is 14.9. The van der Waals surface area contributed by atoms with Crippen molar-refractivity contribution < 1.29 is 14.7 Å². The van der Waals surface area contributed by atoms with Gasteiger partial charge in [-0.05, 0) is 42.3 Å². The lowest BCUT2D eigenvalue weighted by atomic mass is 10.1. The van der Waals surface area contributed by atoms with E-state index < -0.39 is 0 Å². The van der Waals surface area contributed by atoms with Crippen molar-refractivity contribution in [2.75, 3.05) is 7.11 Å². The molecule has 0 fully saturated rings. The highest BCUT2D eigenvalue weighted by Crippen LogP contribution is 2.27. The van der Waals surface area contributed by atoms with Crippen LogP contribution in [0.3, 0.4) is 0 Å². The quantitative estimate of drug-likeness (QED) is 0.383. The van der Waals surface area contributed by atoms with Crippen LogP contribution in [-0.4, -0.2) is 18.2 Å². The molecule has 2 aromatic rings. The van der Waals surface area contributed by atoms with E-state index in [4.69, 9.17) is 20.4 Å². The van der Waals surface area contributed by atoms with E-state index in [1.54, 1.807) is 13.2 Å². The molecule has 0 spiro atoms. The van der Waals surface area contributed by atoms with Crippen LogP contribution in [0.15, 0.2) is 47.6 Å². The minimum absolute atomic E-state index is 0.0121. The van der Waals surface area contributed by atoms with Gasteiger partial charge in [-0.1, -0.05) is 23.4 Å². The molecule has 0 aliphatic heterocycles. The molecular weight excluding hydrogens is 268 g/mol. The molecule has 0 heterocycles. The monoisotopic (exact) mass is 286 g/mol. The first-order chi connectivity index (χ1) is 10.1. The molecule has 0 amide bonds. The molecular formula is C16H18N2O3. The molecule has 0 aliphatic carbocycles. The fraction of sp³-hybridized carbons (Fsp3) is 0.188. The summed E-state index contributed by atoms with van der Waals surface area (Å²) >= 11 is 0. The van der Waals surface area contributed by atoms with Crippen LogP contribution < -0.4 is 10.5 Å². The van der Waals surface area contributed by atoms with Gasteiger partial charge in [0.2, 0.25) is 0 Å². The van der Waals surface area contributed by atoms with Crippen molar-refractivity contribution in [2.45, 2.75) is 13.5 Å². The Morgan fingerprint density at radius 1 is 1.24 bits per heavy atom. The summed E-state index contributed by atoms with van der Waals surface area (Å²) in [4.78, 5) is 0. The van der Waals surface area contributed by atoms with Crippen molar-refractivity contribution in [1.29, 1.82) is 0 Å². The van der Waals surface area contributed by atoms with Crippen molar-refractivity contribution in [3.63, 3.8) is 0 Å². The zero-order chi connectivity index (χ0) is 15.2. The van der Waals surface area contributed by atoms with E-state index >= 15 is 0 Å². The molecule has 2 aromatic carbocycles. The van der Waals surface area contributed by atoms with Crippen LogP contribution in [0.5, 0.6) is 11.5 Å². The Balaban J connectivity index is 2.34. The molecule has 5 heteroatoms. The first-order valence-electron chi connectivity index (χ1n) is 6.48. The predicted molar refractivity (Wildman–Crippen MR) is 80.9 cm³/mol. The molecule has 0 saturated heterocycles. The van der Waals surface area contributed by atoms with Gasteiger partial charge in [-0.2, -0.15) is 0 Å². The summed E-state index contributed by atoms with van der Waals surface area (Å²) in [5.74, 6) is 1.22. The Hall–Kier alpha value is -2.53. The van der Waals surface area contributed by atoms with Crippen LogP contribution in [-0.2, 0) is 11.3 Å². The van der Waals surface area contributed by atoms with Gasteiger partial charge in [0.1, 0.15) is 11.5 Å². The zero-order valence-electron chi connectivity index (χ0n) is 12.0. The van der Waals surface area contributed by atoms with Crippen LogP contribution in [0.1, 0.15) is 16.7 Å². The third-order valence-corrected chi connectivity index (χ3v) is 2.96. The average molecular weight is 286 g/mol. The van der Waals surface area contributed by atoms with Gasteiger partial charge < -0.3 is 20.4 Å². The van der Waals surface area contributed by atoms with Crippen LogP contribution in [0.2, 0.25) is 0 Å². The molecule has 110 valence electrons. The summed E-state index contributed by atoms with van der Waals surface area (Å²) in [6.07, 6.45) is 0. The third-order valence-electron chi connectivity index (χ3n) is 2.96. The van der Waals surface area contributed by atoms with E-state index in [0.717, 1.165) is 11.1 Å². The predicted octanol–water partition coefficient (Wildman–Crippen LogP) is 3.03. The lowest BCUT2D eigenvalue weighted by Crippen LogP contribution is -2.14. The van der Waals surface area contributed by atoms with Crippen LogP contribution in [0.4, 0.5) is 0 Å². The summed E-state index contributed by atoms with van der Waals surface area (Å²) in [5.41, 5.74) is 8.25. The van der Waals surface area contributed by atoms with Crippen LogP contribution >= 0.6 is 0 Å². The zero-order valence-corrected chi connectivity index (χ0v) is 12.0. The Labute approximate surface area is 123 Å². The lowest BCUT2D eigenvalue weighted by Gasteiger charge is -2.12. The van der Waals surface area contributed by atoms with Crippen LogP contribution in [0, 0.1) is 6.92 Å². The van der Waals surface area contributed by atoms with Crippen molar-refractivity contribution in [3.8, 4) is 11.5 Å². The average Bonchev–Trinajstić information content (AvgIpc) is 2.47. The molecule has 0 bridgehead atoms. The van der Waals surface area contributed by atoms with Gasteiger partial charge in [0.15, 0.2) is 5.84 Å². The minimum atomic E-state index is 0.0121. The van der Waals surface area contributed by atoms with Gasteiger partial charge in [-0.15, -0.1) is 0 Å². The van der Waals surface area contributed by atoms with E-state index in [1.165, 1.54) is 0 Å². The van der Waals surface area contributed by atoms with E-state index in [2.05, 4.69) is 5.16 Å². The second-order valence-corrected chi connectivity index (χ2v) is 4.67. The van der Waals surface area contributed by atoms with Gasteiger partial charge >= 0.3 is 0 Å². The van der Waals surface area contributed by atoms with Crippen molar-refractivity contribution in [3.05, 3.63) is 59.2 Å². The summed E-state index contributed by atoms with van der Waals surface area (Å²) in [6.45, 7) is 2.46. The highest BCUT2D eigenvalue weighted by atomic mass is 16.5. The third kappa shape index (κ3) is 3.73. The Morgan fingerprint density at radius 3 is 2.76 bits per heavy atom. The summed E-state index contributed by atoms with van der Waals surface area (Å²) in [7, 11) is 1.64. The van der Waals surface area contributed by atoms with E-state index in [9.17, 15) is 0 Å². The number of methoxy groups -OCH3 is 1. The van der Waals surface area contributed by atoms with Crippen molar-refractivity contribution in [1.82, 2.24) is 0 Å². The molecule has 2 rings (SSSR count). The molecule has 5 nitrogen and oxygen atoms in total. The Morgan fingerprint density at radius 2 is 2.05 bits per heavy atom. The van der Waals surface area contributed by atoms with Crippen LogP contribution in [0.25, 0.3) is 0 Å². The Bertz CT molecular complexity index is 654. The number of rotatable bonds is 5. The molecule has 0 aromatic heterocycles. The lowest BCUT2D eigenvalue weighted by molar-refractivity contribution is 0.184. The number of oxime groups is 1. The van der Waals surface area contributed by atoms with E-state index in [1.807, 2.05) is 43.3 Å². The van der Waals surface area contributed by atoms with Crippen molar-refractivity contribution in [2.24, 2.45) is 10.9 Å². The molecule has 0 saturated carbocycles. The van der Waals surface area contributed by atoms with Gasteiger partial charge in [-0.3, -0.25) is 0 Å². The van der Waals surface area contributed by atoms with Gasteiger partial charge in [0.05, 0.1) is 12.2 Å². The fourth-order valence-corrected chi connectivity index (χ4v) is 1.97. The number of aryl methyl sites for hydroxylation is 1. The minimum Gasteiger partial charge on any atom is -0.457 e. The maximum atomic E-state index is 8.85. The molecule has 0 aliphatic rings. The maximum Gasteiger partial charge on any atom is 0.173 e. The Kier molecular flexibility index (Phi) is 4.79. The number of nitrogens with two attached hydrogens (primary N) is 1. The number of hydrogen-bond donors (Lipinski definition) is 2. The summed E-state index contributed by atoms with van der Waals surface area (Å²) in [6, 6.07) is 13.1. The number of benzene rings is 2. The SMILES string of the molecule is COCc1cccc(Oc2cc(C)ccc2C(N)=NO)c1. The van der Waals surface area contributed by atoms with E-state index in [0.29, 0.717) is 23.7 Å². The highest BCUT2D eigenvalue weighted by Gasteiger charge is 2.10. The van der Waals surface area contributed by atoms with Crippen molar-refractivity contribution >= 4 is 5.84 Å². The maximum absolute atomic E-state index is 8.85. The van der Waals surface area contributed by atoms with E-state index in [-0.39, 0.29) is 5.84 Å². The summed E-state index contributed by atoms with van der Waals surface area (Å²) < 4.78 is 11.0. The molecule has 21 heavy (non-hydrogen) atoms. The number of amidine groups is 1. The van der Waals surface area contributed by atoms with Gasteiger partial charge in [0.25, 0.3) is 0 Å². The number of nitrogens with zero attached hydrogens (tertiary/aromatic N) is 1. The van der Waals surface area contributed by atoms with Gasteiger partial charge in [-0.25, -0.2) is 0 Å². The summed E-state index contributed by atoms with van der Waals surface area (Å²) in [5, 5.41) is 11.9. The standard InChI is InChI=1S/C16H18N2O3/c1-11-6-7-14(16(17)18-19)15(8-11)21-13-5-3-4-12(9-13)10-20-2/h3-9,19H,10H2,1-2H3,(H2,17,18). The topological polar surface area (TPSA) is 77.1 Å². The highest BCUT2D eigenvalue weighted by molar-refractivity contribution is 5.99. The number of hydrogen-bond acceptors (Lipinski definition) is 4. The second-order valence-electron chi connectivity index (χ2n) is 4.67. The fourth-order valence-electron chi connectivity index (χ4n) is 1.97. The molecule has 0 atom stereocenters. The normalized spacial score (nSPS) is 11.4. The first-order valence-corrected chi connectivity index (χ1v) is 6.48. The van der Waals surface area contributed by atoms with Gasteiger partial charge in [0, 0.05) is 7.11 Å². The number of ether oxygens (including phenoxy) is 2. The smallest absolute Gasteiger partial charge is 0.173 e. The molecule has 3 N–H and O–H groups in total. The molecule has 0 unspecified atom stereocenters. The second kappa shape index (κ2) is 6.76. The largest absolute Gasteiger partial charge is 0.457 e.